The van der Waals surface area contributed by atoms with Crippen molar-refractivity contribution in [3.63, 3.8) is 0 Å². The van der Waals surface area contributed by atoms with Gasteiger partial charge in [-0.1, -0.05) is 12.1 Å². The Morgan fingerprint density at radius 1 is 1.08 bits per heavy atom. The fraction of sp³-hybridized carbons (Fsp3) is 0.167. The van der Waals surface area contributed by atoms with E-state index in [0.29, 0.717) is 28.1 Å². The van der Waals surface area contributed by atoms with Crippen LogP contribution in [0.1, 0.15) is 12.8 Å². The highest BCUT2D eigenvalue weighted by Gasteiger charge is 2.21. The Balaban J connectivity index is 2.02. The van der Waals surface area contributed by atoms with E-state index in [1.54, 1.807) is 42.7 Å². The Bertz CT molecular complexity index is 946. The van der Waals surface area contributed by atoms with Crippen LogP contribution in [0.2, 0.25) is 0 Å². The second-order valence-electron chi connectivity index (χ2n) is 5.62. The number of aromatic nitrogens is 3. The standard InChI is InChI=1S/C18H16N4O4/c23-15(24)8-7-14(18(25)26)21-17-12-5-1-2-6-13(12)20-16(22-17)11-4-3-9-19-10-11/h1-6,9-10,14H,7-8H2,(H,23,24)(H,25,26)(H,20,21,22). The molecule has 2 aromatic heterocycles. The largest absolute Gasteiger partial charge is 0.481 e. The Hall–Kier alpha value is -3.55. The molecule has 26 heavy (non-hydrogen) atoms. The average Bonchev–Trinajstić information content (AvgIpc) is 2.65. The SMILES string of the molecule is O=C(O)CCC(Nc1nc(-c2cccnc2)nc2ccccc12)C(=O)O. The van der Waals surface area contributed by atoms with Gasteiger partial charge in [0, 0.05) is 29.8 Å². The summed E-state index contributed by atoms with van der Waals surface area (Å²) in [5.41, 5.74) is 1.34. The van der Waals surface area contributed by atoms with E-state index in [1.807, 2.05) is 6.07 Å². The van der Waals surface area contributed by atoms with Gasteiger partial charge in [-0.25, -0.2) is 14.8 Å². The van der Waals surface area contributed by atoms with Crippen LogP contribution in [0.5, 0.6) is 0 Å². The van der Waals surface area contributed by atoms with Gasteiger partial charge in [-0.3, -0.25) is 9.78 Å². The molecule has 1 unspecified atom stereocenters. The monoisotopic (exact) mass is 352 g/mol. The smallest absolute Gasteiger partial charge is 0.326 e. The van der Waals surface area contributed by atoms with E-state index in [1.165, 1.54) is 0 Å². The topological polar surface area (TPSA) is 125 Å². The Morgan fingerprint density at radius 2 is 1.88 bits per heavy atom. The van der Waals surface area contributed by atoms with E-state index in [2.05, 4.69) is 20.3 Å². The van der Waals surface area contributed by atoms with Gasteiger partial charge in [0.05, 0.1) is 5.52 Å². The second kappa shape index (κ2) is 7.56. The second-order valence-corrected chi connectivity index (χ2v) is 5.62. The summed E-state index contributed by atoms with van der Waals surface area (Å²) >= 11 is 0. The maximum atomic E-state index is 11.5. The van der Waals surface area contributed by atoms with Crippen molar-refractivity contribution in [2.45, 2.75) is 18.9 Å². The van der Waals surface area contributed by atoms with Crippen molar-refractivity contribution >= 4 is 28.7 Å². The molecule has 0 amide bonds. The summed E-state index contributed by atoms with van der Waals surface area (Å²) in [4.78, 5) is 35.3. The first kappa shape index (κ1) is 17.3. The molecule has 3 aromatic rings. The van der Waals surface area contributed by atoms with Gasteiger partial charge in [0.2, 0.25) is 0 Å². The molecule has 8 nitrogen and oxygen atoms in total. The van der Waals surface area contributed by atoms with Crippen LogP contribution in [0.3, 0.4) is 0 Å². The number of fused-ring (bicyclic) bond motifs is 1. The molecule has 0 aliphatic rings. The zero-order valence-corrected chi connectivity index (χ0v) is 13.7. The van der Waals surface area contributed by atoms with Crippen molar-refractivity contribution in [3.05, 3.63) is 48.8 Å². The highest BCUT2D eigenvalue weighted by atomic mass is 16.4. The molecule has 0 fully saturated rings. The minimum Gasteiger partial charge on any atom is -0.481 e. The zero-order valence-electron chi connectivity index (χ0n) is 13.7. The fourth-order valence-corrected chi connectivity index (χ4v) is 2.50. The van der Waals surface area contributed by atoms with Crippen molar-refractivity contribution in [3.8, 4) is 11.4 Å². The van der Waals surface area contributed by atoms with Crippen LogP contribution in [0, 0.1) is 0 Å². The molecule has 0 spiro atoms. The van der Waals surface area contributed by atoms with E-state index in [-0.39, 0.29) is 12.8 Å². The summed E-state index contributed by atoms with van der Waals surface area (Å²) in [7, 11) is 0. The lowest BCUT2D eigenvalue weighted by atomic mass is 10.1. The lowest BCUT2D eigenvalue weighted by Gasteiger charge is -2.16. The molecule has 1 aromatic carbocycles. The molecule has 3 N–H and O–H groups in total. The first-order valence-corrected chi connectivity index (χ1v) is 7.93. The van der Waals surface area contributed by atoms with E-state index in [4.69, 9.17) is 5.11 Å². The maximum Gasteiger partial charge on any atom is 0.326 e. The van der Waals surface area contributed by atoms with Crippen LogP contribution in [0.15, 0.2) is 48.8 Å². The van der Waals surface area contributed by atoms with Gasteiger partial charge in [-0.2, -0.15) is 0 Å². The van der Waals surface area contributed by atoms with Gasteiger partial charge < -0.3 is 15.5 Å². The van der Waals surface area contributed by atoms with E-state index in [9.17, 15) is 14.7 Å². The van der Waals surface area contributed by atoms with E-state index >= 15 is 0 Å². The number of nitrogens with zero attached hydrogens (tertiary/aromatic N) is 3. The molecule has 3 rings (SSSR count). The molecule has 2 heterocycles. The predicted molar refractivity (Wildman–Crippen MR) is 94.7 cm³/mol. The molecule has 0 saturated carbocycles. The van der Waals surface area contributed by atoms with Gasteiger partial charge >= 0.3 is 11.9 Å². The van der Waals surface area contributed by atoms with Gasteiger partial charge in [0.15, 0.2) is 5.82 Å². The highest BCUT2D eigenvalue weighted by molar-refractivity contribution is 5.92. The van der Waals surface area contributed by atoms with Crippen molar-refractivity contribution < 1.29 is 19.8 Å². The van der Waals surface area contributed by atoms with Crippen molar-refractivity contribution in [2.75, 3.05) is 5.32 Å². The van der Waals surface area contributed by atoms with Crippen molar-refractivity contribution in [1.29, 1.82) is 0 Å². The first-order chi connectivity index (χ1) is 12.5. The number of carboxylic acid groups (broad SMARTS) is 2. The predicted octanol–water partition coefficient (Wildman–Crippen LogP) is 2.42. The van der Waals surface area contributed by atoms with E-state index < -0.39 is 18.0 Å². The molecule has 1 atom stereocenters. The summed E-state index contributed by atoms with van der Waals surface area (Å²) < 4.78 is 0. The summed E-state index contributed by atoms with van der Waals surface area (Å²) in [6.07, 6.45) is 2.93. The van der Waals surface area contributed by atoms with Crippen LogP contribution in [0.25, 0.3) is 22.3 Å². The summed E-state index contributed by atoms with van der Waals surface area (Å²) in [6.45, 7) is 0. The Kier molecular flexibility index (Phi) is 5.02. The third-order valence-corrected chi connectivity index (χ3v) is 3.78. The molecule has 0 radical (unpaired) electrons. The lowest BCUT2D eigenvalue weighted by molar-refractivity contribution is -0.139. The number of anilines is 1. The van der Waals surface area contributed by atoms with E-state index in [0.717, 1.165) is 0 Å². The quantitative estimate of drug-likeness (QED) is 0.592. The average molecular weight is 352 g/mol. The molecule has 8 heteroatoms. The van der Waals surface area contributed by atoms with Crippen LogP contribution < -0.4 is 5.32 Å². The van der Waals surface area contributed by atoms with Crippen LogP contribution in [0.4, 0.5) is 5.82 Å². The number of carboxylic acids is 2. The van der Waals surface area contributed by atoms with Crippen molar-refractivity contribution in [2.24, 2.45) is 0 Å². The number of rotatable bonds is 7. The number of benzene rings is 1. The minimum atomic E-state index is -1.14. The number of para-hydroxylation sites is 1. The van der Waals surface area contributed by atoms with Crippen LogP contribution in [-0.4, -0.2) is 43.1 Å². The third kappa shape index (κ3) is 3.92. The lowest BCUT2D eigenvalue weighted by Crippen LogP contribution is -2.30. The van der Waals surface area contributed by atoms with Crippen LogP contribution in [-0.2, 0) is 9.59 Å². The molecular weight excluding hydrogens is 336 g/mol. The van der Waals surface area contributed by atoms with Gasteiger partial charge in [-0.15, -0.1) is 0 Å². The number of hydrogen-bond donors (Lipinski definition) is 3. The number of aliphatic carboxylic acids is 2. The highest BCUT2D eigenvalue weighted by Crippen LogP contribution is 2.25. The first-order valence-electron chi connectivity index (χ1n) is 7.93. The summed E-state index contributed by atoms with van der Waals surface area (Å²) in [6, 6.07) is 9.69. The van der Waals surface area contributed by atoms with Crippen molar-refractivity contribution in [1.82, 2.24) is 15.0 Å². The molecule has 0 bridgehead atoms. The normalized spacial score (nSPS) is 11.8. The Labute approximate surface area is 148 Å². The van der Waals surface area contributed by atoms with Gasteiger partial charge in [0.25, 0.3) is 0 Å². The van der Waals surface area contributed by atoms with Gasteiger partial charge in [0.1, 0.15) is 11.9 Å². The fourth-order valence-electron chi connectivity index (χ4n) is 2.50. The zero-order chi connectivity index (χ0) is 18.5. The molecule has 0 aliphatic carbocycles. The number of carbonyl (C=O) groups is 2. The molecule has 0 aliphatic heterocycles. The number of pyridine rings is 1. The molecule has 132 valence electrons. The number of hydrogen-bond acceptors (Lipinski definition) is 6. The van der Waals surface area contributed by atoms with Gasteiger partial charge in [-0.05, 0) is 30.7 Å². The van der Waals surface area contributed by atoms with Crippen LogP contribution >= 0.6 is 0 Å². The maximum absolute atomic E-state index is 11.5. The number of nitrogens with one attached hydrogen (secondary N) is 1. The molecule has 0 saturated heterocycles. The summed E-state index contributed by atoms with van der Waals surface area (Å²) in [5, 5.41) is 21.7. The Morgan fingerprint density at radius 3 is 2.58 bits per heavy atom. The molecular formula is C18H16N4O4. The third-order valence-electron chi connectivity index (χ3n) is 3.78. The summed E-state index contributed by atoms with van der Waals surface area (Å²) in [5.74, 6) is -1.45. The minimum absolute atomic E-state index is 0.0643.